The molecule has 1 aromatic rings. The van der Waals surface area contributed by atoms with Crippen molar-refractivity contribution >= 4 is 16.4 Å². The maximum Gasteiger partial charge on any atom is 0.279 e. The van der Waals surface area contributed by atoms with E-state index in [1.807, 2.05) is 47.6 Å². The smallest absolute Gasteiger partial charge is 0.279 e. The predicted octanol–water partition coefficient (Wildman–Crippen LogP) is 5.01. The lowest BCUT2D eigenvalue weighted by Crippen LogP contribution is -2.18. The first-order chi connectivity index (χ1) is 9.20. The predicted molar refractivity (Wildman–Crippen MR) is 85.6 cm³/mol. The SMILES string of the molecule is [2H]C(F)(F)[SH]=C(O)c1cc(C(C)(C)C)cc(C(C)(C)C)c1. The summed E-state index contributed by atoms with van der Waals surface area (Å²) in [6, 6.07) is 5.50. The monoisotopic (exact) mass is 303 g/mol. The highest BCUT2D eigenvalue weighted by atomic mass is 32.1. The van der Waals surface area contributed by atoms with Gasteiger partial charge >= 0.3 is 0 Å². The molecule has 0 aliphatic carbocycles. The van der Waals surface area contributed by atoms with Crippen LogP contribution in [0.1, 0.15) is 59.6 Å². The van der Waals surface area contributed by atoms with Gasteiger partial charge in [-0.3, -0.25) is 0 Å². The van der Waals surface area contributed by atoms with Gasteiger partial charge in [0, 0.05) is 5.56 Å². The average Bonchev–Trinajstić information content (AvgIpc) is 2.23. The first-order valence-electron chi connectivity index (χ1n) is 7.03. The standard InChI is InChI=1S/C16H24F2OS/c1-15(2,3)11-7-10(13(19)20-14(17)18)8-12(9-11)16(4,5)6/h7-9,14,19-20H,1-6H3/i14D. The topological polar surface area (TPSA) is 20.2 Å². The van der Waals surface area contributed by atoms with Gasteiger partial charge in [-0.15, -0.1) is 11.4 Å². The molecule has 20 heavy (non-hydrogen) atoms. The van der Waals surface area contributed by atoms with E-state index in [-0.39, 0.29) is 10.8 Å². The summed E-state index contributed by atoms with van der Waals surface area (Å²) < 4.78 is 32.2. The fraction of sp³-hybridized carbons (Fsp3) is 0.562. The van der Waals surface area contributed by atoms with Crippen molar-refractivity contribution < 1.29 is 15.3 Å². The quantitative estimate of drug-likeness (QED) is 0.581. The normalized spacial score (nSPS) is 15.7. The molecule has 0 spiro atoms. The Bertz CT molecular complexity index is 517. The van der Waals surface area contributed by atoms with Crippen molar-refractivity contribution in [3.05, 3.63) is 34.9 Å². The Morgan fingerprint density at radius 1 is 1.05 bits per heavy atom. The van der Waals surface area contributed by atoms with Gasteiger partial charge in [-0.25, -0.2) is 0 Å². The minimum atomic E-state index is -3.69. The van der Waals surface area contributed by atoms with Gasteiger partial charge in [0.25, 0.3) is 5.73 Å². The molecular weight excluding hydrogens is 278 g/mol. The molecule has 1 rings (SSSR count). The molecule has 4 heteroatoms. The van der Waals surface area contributed by atoms with Crippen molar-refractivity contribution in [1.29, 1.82) is 0 Å². The zero-order valence-corrected chi connectivity index (χ0v) is 13.8. The largest absolute Gasteiger partial charge is 0.355 e. The zero-order valence-electron chi connectivity index (χ0n) is 13.9. The van der Waals surface area contributed by atoms with Crippen LogP contribution in [0.25, 0.3) is 0 Å². The van der Waals surface area contributed by atoms with Crippen LogP contribution in [0, 0.1) is 0 Å². The number of thiol groups is 1. The van der Waals surface area contributed by atoms with E-state index in [4.69, 9.17) is 1.37 Å². The number of rotatable bonds is 2. The Morgan fingerprint density at radius 2 is 1.45 bits per heavy atom. The summed E-state index contributed by atoms with van der Waals surface area (Å²) in [6.45, 7) is 12.2. The Hall–Kier alpha value is -0.740. The number of hydrogen-bond donors (Lipinski definition) is 2. The molecular formula is C16H24F2OS. The van der Waals surface area contributed by atoms with Crippen molar-refractivity contribution in [2.75, 3.05) is 0 Å². The van der Waals surface area contributed by atoms with Crippen LogP contribution in [-0.4, -0.2) is 15.9 Å². The molecule has 114 valence electrons. The molecule has 0 unspecified atom stereocenters. The fourth-order valence-corrected chi connectivity index (χ4v) is 2.19. The van der Waals surface area contributed by atoms with Crippen LogP contribution in [0.3, 0.4) is 0 Å². The van der Waals surface area contributed by atoms with Crippen molar-refractivity contribution in [1.82, 2.24) is 0 Å². The molecule has 1 nitrogen and oxygen atoms in total. The highest BCUT2D eigenvalue weighted by molar-refractivity contribution is 7.99. The van der Waals surface area contributed by atoms with Crippen molar-refractivity contribution in [2.45, 2.75) is 58.1 Å². The Labute approximate surface area is 125 Å². The number of benzene rings is 1. The van der Waals surface area contributed by atoms with E-state index in [2.05, 4.69) is 0 Å². The molecule has 0 saturated heterocycles. The zero-order chi connectivity index (χ0) is 16.6. The first kappa shape index (κ1) is 15.6. The lowest BCUT2D eigenvalue weighted by Gasteiger charge is -2.26. The van der Waals surface area contributed by atoms with Gasteiger partial charge in [-0.05, 0) is 34.1 Å². The highest BCUT2D eigenvalue weighted by Crippen LogP contribution is 2.30. The van der Waals surface area contributed by atoms with E-state index in [1.165, 1.54) is 0 Å². The first-order valence-corrected chi connectivity index (χ1v) is 7.43. The van der Waals surface area contributed by atoms with Gasteiger partial charge in [-0.1, -0.05) is 47.6 Å². The molecule has 0 aromatic heterocycles. The second-order valence-electron chi connectivity index (χ2n) is 6.97. The van der Waals surface area contributed by atoms with Gasteiger partial charge in [0.2, 0.25) is 0 Å². The van der Waals surface area contributed by atoms with Crippen molar-refractivity contribution in [3.63, 3.8) is 0 Å². The lowest BCUT2D eigenvalue weighted by molar-refractivity contribution is 0.254. The summed E-state index contributed by atoms with van der Waals surface area (Å²) >= 11 is -0.694. The number of aliphatic hydroxyl groups is 1. The second kappa shape index (κ2) is 5.94. The summed E-state index contributed by atoms with van der Waals surface area (Å²) in [6.07, 6.45) is 0. The van der Waals surface area contributed by atoms with Crippen LogP contribution in [-0.2, 0) is 10.8 Å². The van der Waals surface area contributed by atoms with Crippen LogP contribution in [0.15, 0.2) is 18.2 Å². The summed E-state index contributed by atoms with van der Waals surface area (Å²) in [4.78, 5) is 0. The third-order valence-electron chi connectivity index (χ3n) is 3.11. The molecule has 0 radical (unpaired) electrons. The van der Waals surface area contributed by atoms with Gasteiger partial charge in [-0.2, -0.15) is 8.78 Å². The van der Waals surface area contributed by atoms with Gasteiger partial charge < -0.3 is 5.11 Å². The molecule has 0 fully saturated rings. The molecule has 0 atom stereocenters. The van der Waals surface area contributed by atoms with Crippen LogP contribution in [0.5, 0.6) is 0 Å². The van der Waals surface area contributed by atoms with Gasteiger partial charge in [0.15, 0.2) is 0 Å². The fourth-order valence-electron chi connectivity index (χ4n) is 1.77. The molecule has 0 bridgehead atoms. The number of halogens is 2. The van der Waals surface area contributed by atoms with Crippen LogP contribution in [0.2, 0.25) is 0 Å². The van der Waals surface area contributed by atoms with Gasteiger partial charge in [0.1, 0.15) is 6.42 Å². The Kier molecular flexibility index (Phi) is 4.65. The third kappa shape index (κ3) is 4.67. The Balaban J connectivity index is 3.50. The van der Waals surface area contributed by atoms with Crippen molar-refractivity contribution in [2.24, 2.45) is 0 Å². The molecule has 0 heterocycles. The number of aliphatic hydroxyl groups excluding tert-OH is 1. The van der Waals surface area contributed by atoms with Crippen LogP contribution < -0.4 is 0 Å². The van der Waals surface area contributed by atoms with E-state index in [0.29, 0.717) is 5.56 Å². The maximum atomic E-state index is 12.8. The molecule has 0 aliphatic rings. The number of hydrogen-bond acceptors (Lipinski definition) is 0. The average molecular weight is 303 g/mol. The number of alkyl halides is 2. The van der Waals surface area contributed by atoms with E-state index in [0.717, 1.165) is 11.1 Å². The maximum absolute atomic E-state index is 12.8. The van der Waals surface area contributed by atoms with E-state index >= 15 is 0 Å². The Morgan fingerprint density at radius 3 is 1.75 bits per heavy atom. The summed E-state index contributed by atoms with van der Waals surface area (Å²) in [7, 11) is 0. The summed E-state index contributed by atoms with van der Waals surface area (Å²) in [5.74, 6) is 0. The van der Waals surface area contributed by atoms with E-state index in [1.54, 1.807) is 12.1 Å². The summed E-state index contributed by atoms with van der Waals surface area (Å²) in [5, 5.41) is 9.47. The van der Waals surface area contributed by atoms with Crippen molar-refractivity contribution in [3.8, 4) is 0 Å². The lowest BCUT2D eigenvalue weighted by atomic mass is 9.79. The van der Waals surface area contributed by atoms with E-state index in [9.17, 15) is 13.9 Å². The minimum absolute atomic E-state index is 0.156. The molecule has 0 saturated carbocycles. The minimum Gasteiger partial charge on any atom is -0.355 e. The second-order valence-corrected chi connectivity index (χ2v) is 7.96. The van der Waals surface area contributed by atoms with Crippen LogP contribution in [0.4, 0.5) is 8.78 Å². The van der Waals surface area contributed by atoms with Gasteiger partial charge in [0.05, 0.1) is 0 Å². The molecule has 0 amide bonds. The molecule has 1 aromatic carbocycles. The third-order valence-corrected chi connectivity index (χ3v) is 3.75. The van der Waals surface area contributed by atoms with E-state index < -0.39 is 22.1 Å². The molecule has 1 N–H and O–H groups in total. The summed E-state index contributed by atoms with van der Waals surface area (Å²) in [5.41, 5.74) is -1.70. The van der Waals surface area contributed by atoms with Crippen LogP contribution >= 0.6 is 11.4 Å². The highest BCUT2D eigenvalue weighted by Gasteiger charge is 2.21. The molecule has 0 aliphatic heterocycles.